The summed E-state index contributed by atoms with van der Waals surface area (Å²) in [5.41, 5.74) is 1.07. The number of hydrogen-bond donors (Lipinski definition) is 1. The smallest absolute Gasteiger partial charge is 0.203 e. The molecule has 0 saturated heterocycles. The Hall–Kier alpha value is -1.40. The van der Waals surface area contributed by atoms with Crippen LogP contribution < -0.4 is 5.32 Å². The molecule has 0 aromatic carbocycles. The van der Waals surface area contributed by atoms with Gasteiger partial charge in [-0.3, -0.25) is 0 Å². The molecule has 0 saturated carbocycles. The second-order valence-electron chi connectivity index (χ2n) is 4.48. The van der Waals surface area contributed by atoms with Gasteiger partial charge in [0, 0.05) is 43.7 Å². The SMILES string of the molecule is COCCCn1ccnc1NC(C)c1nc(C)cs1. The van der Waals surface area contributed by atoms with Gasteiger partial charge in [0.15, 0.2) is 0 Å². The van der Waals surface area contributed by atoms with Gasteiger partial charge in [-0.15, -0.1) is 11.3 Å². The van der Waals surface area contributed by atoms with Crippen LogP contribution in [0.3, 0.4) is 0 Å². The molecular weight excluding hydrogens is 260 g/mol. The van der Waals surface area contributed by atoms with E-state index in [1.54, 1.807) is 18.4 Å². The Labute approximate surface area is 117 Å². The fourth-order valence-electron chi connectivity index (χ4n) is 1.84. The first-order chi connectivity index (χ1) is 9.20. The van der Waals surface area contributed by atoms with E-state index in [4.69, 9.17) is 4.74 Å². The predicted octanol–water partition coefficient (Wildman–Crippen LogP) is 2.86. The molecule has 19 heavy (non-hydrogen) atoms. The van der Waals surface area contributed by atoms with Crippen molar-refractivity contribution in [3.8, 4) is 0 Å². The zero-order valence-corrected chi connectivity index (χ0v) is 12.4. The van der Waals surface area contributed by atoms with E-state index in [9.17, 15) is 0 Å². The lowest BCUT2D eigenvalue weighted by Crippen LogP contribution is -2.12. The standard InChI is InChI=1S/C13H20N4OS/c1-10-9-19-12(15-10)11(2)16-13-14-5-7-17(13)6-4-8-18-3/h5,7,9,11H,4,6,8H2,1-3H3,(H,14,16). The highest BCUT2D eigenvalue weighted by molar-refractivity contribution is 7.09. The minimum Gasteiger partial charge on any atom is -0.385 e. The van der Waals surface area contributed by atoms with Crippen LogP contribution in [0, 0.1) is 6.92 Å². The Morgan fingerprint density at radius 1 is 1.53 bits per heavy atom. The molecule has 2 heterocycles. The van der Waals surface area contributed by atoms with Crippen molar-refractivity contribution in [2.45, 2.75) is 32.9 Å². The summed E-state index contributed by atoms with van der Waals surface area (Å²) in [6.07, 6.45) is 4.78. The molecule has 2 aromatic rings. The van der Waals surface area contributed by atoms with Crippen molar-refractivity contribution in [3.63, 3.8) is 0 Å². The highest BCUT2D eigenvalue weighted by Gasteiger charge is 2.12. The van der Waals surface area contributed by atoms with Crippen LogP contribution in [0.25, 0.3) is 0 Å². The summed E-state index contributed by atoms with van der Waals surface area (Å²) >= 11 is 1.68. The first-order valence-electron chi connectivity index (χ1n) is 6.39. The van der Waals surface area contributed by atoms with Gasteiger partial charge < -0.3 is 14.6 Å². The lowest BCUT2D eigenvalue weighted by Gasteiger charge is -2.14. The summed E-state index contributed by atoms with van der Waals surface area (Å²) < 4.78 is 7.18. The number of hydrogen-bond acceptors (Lipinski definition) is 5. The maximum atomic E-state index is 5.07. The van der Waals surface area contributed by atoms with Gasteiger partial charge in [-0.25, -0.2) is 9.97 Å². The molecule has 2 aromatic heterocycles. The highest BCUT2D eigenvalue weighted by Crippen LogP contribution is 2.21. The second-order valence-corrected chi connectivity index (χ2v) is 5.37. The molecule has 0 aliphatic rings. The van der Waals surface area contributed by atoms with E-state index in [-0.39, 0.29) is 6.04 Å². The molecule has 0 bridgehead atoms. The van der Waals surface area contributed by atoms with Crippen LogP contribution in [-0.2, 0) is 11.3 Å². The van der Waals surface area contributed by atoms with Crippen molar-refractivity contribution in [1.29, 1.82) is 0 Å². The van der Waals surface area contributed by atoms with Gasteiger partial charge in [0.2, 0.25) is 5.95 Å². The Bertz CT molecular complexity index is 508. The molecule has 5 nitrogen and oxygen atoms in total. The molecule has 0 radical (unpaired) electrons. The van der Waals surface area contributed by atoms with Gasteiger partial charge in [-0.1, -0.05) is 0 Å². The van der Waals surface area contributed by atoms with Crippen LogP contribution in [0.1, 0.15) is 30.1 Å². The normalized spacial score (nSPS) is 12.6. The number of ether oxygens (including phenoxy) is 1. The van der Waals surface area contributed by atoms with Gasteiger partial charge in [0.1, 0.15) is 5.01 Å². The van der Waals surface area contributed by atoms with E-state index in [0.29, 0.717) is 0 Å². The molecule has 0 aliphatic carbocycles. The summed E-state index contributed by atoms with van der Waals surface area (Å²) in [6.45, 7) is 5.78. The van der Waals surface area contributed by atoms with Crippen molar-refractivity contribution in [2.75, 3.05) is 19.0 Å². The molecule has 0 aliphatic heterocycles. The molecule has 6 heteroatoms. The molecule has 0 spiro atoms. The molecular formula is C13H20N4OS. The van der Waals surface area contributed by atoms with Gasteiger partial charge in [0.25, 0.3) is 0 Å². The summed E-state index contributed by atoms with van der Waals surface area (Å²) in [7, 11) is 1.72. The third-order valence-electron chi connectivity index (χ3n) is 2.82. The number of aryl methyl sites for hydroxylation is 2. The maximum Gasteiger partial charge on any atom is 0.203 e. The maximum absolute atomic E-state index is 5.07. The molecule has 0 amide bonds. The van der Waals surface area contributed by atoms with Gasteiger partial charge in [0.05, 0.1) is 6.04 Å². The minimum absolute atomic E-state index is 0.169. The summed E-state index contributed by atoms with van der Waals surface area (Å²) in [5.74, 6) is 0.886. The molecule has 104 valence electrons. The second kappa shape index (κ2) is 6.68. The predicted molar refractivity (Wildman–Crippen MR) is 77.6 cm³/mol. The fourth-order valence-corrected chi connectivity index (χ4v) is 2.64. The summed E-state index contributed by atoms with van der Waals surface area (Å²) in [6, 6.07) is 0.169. The van der Waals surface area contributed by atoms with Crippen molar-refractivity contribution in [3.05, 3.63) is 28.5 Å². The lowest BCUT2D eigenvalue weighted by molar-refractivity contribution is 0.190. The molecule has 1 N–H and O–H groups in total. The zero-order chi connectivity index (χ0) is 13.7. The number of rotatable bonds is 7. The summed E-state index contributed by atoms with van der Waals surface area (Å²) in [4.78, 5) is 8.85. The number of anilines is 1. The van der Waals surface area contributed by atoms with Crippen LogP contribution in [-0.4, -0.2) is 28.3 Å². The van der Waals surface area contributed by atoms with E-state index in [1.807, 2.05) is 19.3 Å². The van der Waals surface area contributed by atoms with Crippen molar-refractivity contribution in [2.24, 2.45) is 0 Å². The molecule has 0 fully saturated rings. The van der Waals surface area contributed by atoms with Crippen molar-refractivity contribution >= 4 is 17.3 Å². The Balaban J connectivity index is 1.97. The topological polar surface area (TPSA) is 52.0 Å². The quantitative estimate of drug-likeness (QED) is 0.792. The molecule has 1 atom stereocenters. The first kappa shape index (κ1) is 14.0. The van der Waals surface area contributed by atoms with E-state index in [1.165, 1.54) is 0 Å². The third kappa shape index (κ3) is 3.78. The van der Waals surface area contributed by atoms with Crippen LogP contribution in [0.15, 0.2) is 17.8 Å². The first-order valence-corrected chi connectivity index (χ1v) is 7.27. The van der Waals surface area contributed by atoms with Crippen LogP contribution in [0.4, 0.5) is 5.95 Å². The number of methoxy groups -OCH3 is 1. The van der Waals surface area contributed by atoms with Gasteiger partial charge in [-0.2, -0.15) is 0 Å². The van der Waals surface area contributed by atoms with E-state index in [2.05, 4.69) is 32.2 Å². The lowest BCUT2D eigenvalue weighted by atomic mass is 10.3. The number of thiazole rings is 1. The van der Waals surface area contributed by atoms with E-state index < -0.39 is 0 Å². The average molecular weight is 280 g/mol. The summed E-state index contributed by atoms with van der Waals surface area (Å²) in [5, 5.41) is 6.56. The molecule has 1 unspecified atom stereocenters. The van der Waals surface area contributed by atoms with E-state index in [0.717, 1.165) is 36.2 Å². The Morgan fingerprint density at radius 3 is 3.05 bits per heavy atom. The van der Waals surface area contributed by atoms with E-state index >= 15 is 0 Å². The minimum atomic E-state index is 0.169. The number of imidazole rings is 1. The number of nitrogens with zero attached hydrogens (tertiary/aromatic N) is 3. The van der Waals surface area contributed by atoms with Crippen LogP contribution >= 0.6 is 11.3 Å². The number of aromatic nitrogens is 3. The highest BCUT2D eigenvalue weighted by atomic mass is 32.1. The van der Waals surface area contributed by atoms with Crippen molar-refractivity contribution in [1.82, 2.24) is 14.5 Å². The fraction of sp³-hybridized carbons (Fsp3) is 0.538. The third-order valence-corrected chi connectivity index (χ3v) is 3.96. The van der Waals surface area contributed by atoms with Gasteiger partial charge >= 0.3 is 0 Å². The zero-order valence-electron chi connectivity index (χ0n) is 11.6. The average Bonchev–Trinajstić information content (AvgIpc) is 2.99. The van der Waals surface area contributed by atoms with Crippen molar-refractivity contribution < 1.29 is 4.74 Å². The monoisotopic (exact) mass is 280 g/mol. The molecule has 2 rings (SSSR count). The Morgan fingerprint density at radius 2 is 2.37 bits per heavy atom. The van der Waals surface area contributed by atoms with Crippen LogP contribution in [0.5, 0.6) is 0 Å². The largest absolute Gasteiger partial charge is 0.385 e. The number of nitrogens with one attached hydrogen (secondary N) is 1. The van der Waals surface area contributed by atoms with Gasteiger partial charge in [-0.05, 0) is 20.3 Å². The van der Waals surface area contributed by atoms with Crippen LogP contribution in [0.2, 0.25) is 0 Å². The Kier molecular flexibility index (Phi) is 4.93.